The summed E-state index contributed by atoms with van der Waals surface area (Å²) >= 11 is 4.27. The van der Waals surface area contributed by atoms with E-state index in [1.54, 1.807) is 11.4 Å². The summed E-state index contributed by atoms with van der Waals surface area (Å²) in [6.07, 6.45) is -4.74. The molecule has 0 atom stereocenters. The molecule has 102 valence electrons. The third-order valence-corrected chi connectivity index (χ3v) is 3.08. The standard InChI is InChI=1S/C10H7BrF3N3OS/c11-6-1-2-8(9(3-6)18-10(12,13)14)15-4-7-5-19-17-16-7/h1-3,5,15H,4H2. The van der Waals surface area contributed by atoms with E-state index in [4.69, 9.17) is 0 Å². The fourth-order valence-electron chi connectivity index (χ4n) is 1.30. The van der Waals surface area contributed by atoms with Gasteiger partial charge in [-0.2, -0.15) is 0 Å². The van der Waals surface area contributed by atoms with Gasteiger partial charge in [0.15, 0.2) is 5.75 Å². The van der Waals surface area contributed by atoms with E-state index in [2.05, 4.69) is 35.6 Å². The molecule has 1 aromatic carbocycles. The fourth-order valence-corrected chi connectivity index (χ4v) is 2.09. The number of hydrogen-bond acceptors (Lipinski definition) is 5. The van der Waals surface area contributed by atoms with Gasteiger partial charge in [0.05, 0.1) is 17.9 Å². The monoisotopic (exact) mass is 353 g/mol. The minimum atomic E-state index is -4.74. The van der Waals surface area contributed by atoms with Crippen LogP contribution in [-0.2, 0) is 6.54 Å². The predicted molar refractivity (Wildman–Crippen MR) is 68.1 cm³/mol. The molecule has 0 bridgehead atoms. The first-order valence-electron chi connectivity index (χ1n) is 4.99. The maximum atomic E-state index is 12.3. The highest BCUT2D eigenvalue weighted by Gasteiger charge is 2.32. The van der Waals surface area contributed by atoms with Gasteiger partial charge in [-0.15, -0.1) is 18.3 Å². The van der Waals surface area contributed by atoms with Crippen molar-refractivity contribution in [2.24, 2.45) is 0 Å². The predicted octanol–water partition coefficient (Wildman–Crippen LogP) is 3.81. The molecule has 0 aliphatic heterocycles. The molecule has 0 fully saturated rings. The Morgan fingerprint density at radius 1 is 1.37 bits per heavy atom. The van der Waals surface area contributed by atoms with Crippen LogP contribution in [0.3, 0.4) is 0 Å². The third-order valence-electron chi connectivity index (χ3n) is 2.03. The van der Waals surface area contributed by atoms with Crippen LogP contribution in [0.15, 0.2) is 28.1 Å². The molecule has 2 rings (SSSR count). The zero-order valence-corrected chi connectivity index (χ0v) is 11.6. The van der Waals surface area contributed by atoms with E-state index in [-0.39, 0.29) is 18.0 Å². The van der Waals surface area contributed by atoms with Crippen LogP contribution in [0, 0.1) is 0 Å². The number of benzene rings is 1. The summed E-state index contributed by atoms with van der Waals surface area (Å²) in [6, 6.07) is 4.35. The second kappa shape index (κ2) is 5.74. The van der Waals surface area contributed by atoms with Crippen molar-refractivity contribution in [2.45, 2.75) is 12.9 Å². The molecule has 4 nitrogen and oxygen atoms in total. The first kappa shape index (κ1) is 14.1. The molecule has 0 saturated carbocycles. The number of alkyl halides is 3. The van der Waals surface area contributed by atoms with Crippen molar-refractivity contribution in [3.8, 4) is 5.75 Å². The molecule has 0 radical (unpaired) electrons. The molecule has 19 heavy (non-hydrogen) atoms. The number of anilines is 1. The normalized spacial score (nSPS) is 11.4. The topological polar surface area (TPSA) is 47.0 Å². The quantitative estimate of drug-likeness (QED) is 0.907. The first-order valence-corrected chi connectivity index (χ1v) is 6.62. The van der Waals surface area contributed by atoms with Crippen LogP contribution in [0.2, 0.25) is 0 Å². The maximum absolute atomic E-state index is 12.3. The highest BCUT2D eigenvalue weighted by Crippen LogP contribution is 2.33. The van der Waals surface area contributed by atoms with Crippen LogP contribution in [0.5, 0.6) is 5.75 Å². The zero-order valence-electron chi connectivity index (χ0n) is 9.24. The lowest BCUT2D eigenvalue weighted by atomic mass is 10.3. The number of ether oxygens (including phenoxy) is 1. The lowest BCUT2D eigenvalue weighted by Gasteiger charge is -2.14. The van der Waals surface area contributed by atoms with Gasteiger partial charge in [0.1, 0.15) is 0 Å². The van der Waals surface area contributed by atoms with Gasteiger partial charge in [0.25, 0.3) is 0 Å². The maximum Gasteiger partial charge on any atom is 0.573 e. The van der Waals surface area contributed by atoms with Crippen molar-refractivity contribution in [1.29, 1.82) is 0 Å². The van der Waals surface area contributed by atoms with Crippen LogP contribution in [0.4, 0.5) is 18.9 Å². The van der Waals surface area contributed by atoms with Crippen molar-refractivity contribution in [1.82, 2.24) is 9.59 Å². The molecule has 1 N–H and O–H groups in total. The van der Waals surface area contributed by atoms with Crippen LogP contribution < -0.4 is 10.1 Å². The number of hydrogen-bond donors (Lipinski definition) is 1. The Morgan fingerprint density at radius 2 is 2.16 bits per heavy atom. The lowest BCUT2D eigenvalue weighted by Crippen LogP contribution is -2.18. The Balaban J connectivity index is 2.14. The summed E-state index contributed by atoms with van der Waals surface area (Å²) in [5, 5.41) is 8.32. The van der Waals surface area contributed by atoms with Gasteiger partial charge in [0, 0.05) is 9.85 Å². The van der Waals surface area contributed by atoms with Gasteiger partial charge < -0.3 is 10.1 Å². The summed E-state index contributed by atoms with van der Waals surface area (Å²) in [6.45, 7) is 0.270. The van der Waals surface area contributed by atoms with Gasteiger partial charge in [-0.25, -0.2) is 0 Å². The van der Waals surface area contributed by atoms with Gasteiger partial charge in [-0.3, -0.25) is 0 Å². The van der Waals surface area contributed by atoms with E-state index >= 15 is 0 Å². The number of aromatic nitrogens is 2. The molecule has 9 heteroatoms. The molecular weight excluding hydrogens is 347 g/mol. The largest absolute Gasteiger partial charge is 0.573 e. The minimum absolute atomic E-state index is 0.230. The fraction of sp³-hybridized carbons (Fsp3) is 0.200. The summed E-state index contributed by atoms with van der Waals surface area (Å²) in [4.78, 5) is 0. The second-order valence-electron chi connectivity index (χ2n) is 3.44. The second-order valence-corrected chi connectivity index (χ2v) is 4.96. The Labute approximate surface area is 118 Å². The zero-order chi connectivity index (χ0) is 13.9. The molecular formula is C10H7BrF3N3OS. The minimum Gasteiger partial charge on any atom is -0.404 e. The Hall–Kier alpha value is -1.35. The van der Waals surface area contributed by atoms with Gasteiger partial charge in [-0.05, 0) is 29.7 Å². The number of halogens is 4. The Kier molecular flexibility index (Phi) is 4.25. The SMILES string of the molecule is FC(F)(F)Oc1cc(Br)ccc1NCc1csnn1. The van der Waals surface area contributed by atoms with Crippen LogP contribution in [-0.4, -0.2) is 15.9 Å². The van der Waals surface area contributed by atoms with E-state index in [0.29, 0.717) is 10.2 Å². The van der Waals surface area contributed by atoms with Crippen molar-refractivity contribution < 1.29 is 17.9 Å². The summed E-state index contributed by atoms with van der Waals surface area (Å²) in [7, 11) is 0. The molecule has 1 aromatic heterocycles. The van der Waals surface area contributed by atoms with Gasteiger partial charge in [0.2, 0.25) is 0 Å². The highest BCUT2D eigenvalue weighted by atomic mass is 79.9. The summed E-state index contributed by atoms with van der Waals surface area (Å²) in [5.41, 5.74) is 0.874. The summed E-state index contributed by atoms with van der Waals surface area (Å²) < 4.78 is 45.0. The average molecular weight is 354 g/mol. The molecule has 0 saturated heterocycles. The Bertz CT molecular complexity index is 547. The first-order chi connectivity index (χ1) is 8.94. The van der Waals surface area contributed by atoms with E-state index in [1.165, 1.54) is 23.7 Å². The van der Waals surface area contributed by atoms with Crippen molar-refractivity contribution in [2.75, 3.05) is 5.32 Å². The van der Waals surface area contributed by atoms with Crippen molar-refractivity contribution in [3.05, 3.63) is 33.7 Å². The number of nitrogens with one attached hydrogen (secondary N) is 1. The highest BCUT2D eigenvalue weighted by molar-refractivity contribution is 9.10. The van der Waals surface area contributed by atoms with Gasteiger partial charge >= 0.3 is 6.36 Å². The molecule has 1 heterocycles. The molecule has 0 amide bonds. The number of rotatable bonds is 4. The van der Waals surface area contributed by atoms with Crippen LogP contribution in [0.25, 0.3) is 0 Å². The third kappa shape index (κ3) is 4.35. The Morgan fingerprint density at radius 3 is 2.79 bits per heavy atom. The van der Waals surface area contributed by atoms with Crippen LogP contribution >= 0.6 is 27.5 Å². The van der Waals surface area contributed by atoms with Gasteiger partial charge in [-0.1, -0.05) is 20.4 Å². The smallest absolute Gasteiger partial charge is 0.404 e. The molecule has 0 aliphatic carbocycles. The van der Waals surface area contributed by atoms with Crippen LogP contribution in [0.1, 0.15) is 5.69 Å². The molecule has 0 spiro atoms. The van der Waals surface area contributed by atoms with E-state index in [1.807, 2.05) is 0 Å². The molecule has 0 unspecified atom stereocenters. The van der Waals surface area contributed by atoms with E-state index in [9.17, 15) is 13.2 Å². The lowest BCUT2D eigenvalue weighted by molar-refractivity contribution is -0.274. The van der Waals surface area contributed by atoms with E-state index < -0.39 is 6.36 Å². The van der Waals surface area contributed by atoms with Crippen molar-refractivity contribution in [3.63, 3.8) is 0 Å². The van der Waals surface area contributed by atoms with E-state index in [0.717, 1.165) is 0 Å². The summed E-state index contributed by atoms with van der Waals surface area (Å²) in [5.74, 6) is -0.301. The number of nitrogens with zero attached hydrogens (tertiary/aromatic N) is 2. The average Bonchev–Trinajstić information content (AvgIpc) is 2.78. The molecule has 0 aliphatic rings. The molecule has 2 aromatic rings. The van der Waals surface area contributed by atoms with Crippen molar-refractivity contribution >= 4 is 33.1 Å².